The van der Waals surface area contributed by atoms with Crippen LogP contribution >= 0.6 is 0 Å². The van der Waals surface area contributed by atoms with Crippen LogP contribution in [0.15, 0.2) is 0 Å². The van der Waals surface area contributed by atoms with Crippen molar-refractivity contribution in [3.8, 4) is 0 Å². The summed E-state index contributed by atoms with van der Waals surface area (Å²) in [7, 11) is 2.19. The minimum absolute atomic E-state index is 0.266. The Morgan fingerprint density at radius 3 is 2.50 bits per heavy atom. The summed E-state index contributed by atoms with van der Waals surface area (Å²) in [4.78, 5) is 16.9. The van der Waals surface area contributed by atoms with Gasteiger partial charge >= 0.3 is 6.09 Å². The molecule has 1 unspecified atom stereocenters. The van der Waals surface area contributed by atoms with Crippen LogP contribution in [0.2, 0.25) is 0 Å². The molecule has 1 aliphatic heterocycles. The van der Waals surface area contributed by atoms with Crippen molar-refractivity contribution in [3.63, 3.8) is 0 Å². The number of nitrogens with one attached hydrogen (secondary N) is 1. The molecule has 1 heterocycles. The van der Waals surface area contributed by atoms with Crippen LogP contribution in [-0.2, 0) is 4.74 Å². The second-order valence-electron chi connectivity index (χ2n) is 7.98. The molecule has 2 rings (SSSR count). The van der Waals surface area contributed by atoms with Crippen LogP contribution in [0.1, 0.15) is 46.5 Å². The normalized spacial score (nSPS) is 28.4. The van der Waals surface area contributed by atoms with E-state index in [1.807, 2.05) is 20.8 Å². The highest BCUT2D eigenvalue weighted by Gasteiger charge is 2.27. The van der Waals surface area contributed by atoms with E-state index in [-0.39, 0.29) is 12.1 Å². The molecule has 5 heteroatoms. The number of amides is 1. The van der Waals surface area contributed by atoms with Gasteiger partial charge in [-0.1, -0.05) is 6.42 Å². The van der Waals surface area contributed by atoms with Gasteiger partial charge in [-0.15, -0.1) is 0 Å². The van der Waals surface area contributed by atoms with Gasteiger partial charge in [0.1, 0.15) is 5.60 Å². The molecule has 128 valence electrons. The SMILES string of the molecule is CN1CCN(CC2CCC[C@@H](NC(=O)OC(C)(C)C)C2)CC1. The summed E-state index contributed by atoms with van der Waals surface area (Å²) in [5.74, 6) is 0.706. The van der Waals surface area contributed by atoms with Crippen LogP contribution in [0.25, 0.3) is 0 Å². The van der Waals surface area contributed by atoms with Gasteiger partial charge in [-0.05, 0) is 53.0 Å². The first-order valence-electron chi connectivity index (χ1n) is 8.72. The van der Waals surface area contributed by atoms with Crippen LogP contribution in [0.4, 0.5) is 4.79 Å². The molecule has 2 atom stereocenters. The molecule has 0 aromatic rings. The molecule has 1 aliphatic carbocycles. The third kappa shape index (κ3) is 6.13. The number of likely N-dealkylation sites (N-methyl/N-ethyl adjacent to an activating group) is 1. The third-order valence-electron chi connectivity index (χ3n) is 4.62. The number of rotatable bonds is 3. The molecule has 0 bridgehead atoms. The molecule has 0 aromatic carbocycles. The number of carbonyl (C=O) groups excluding carboxylic acids is 1. The zero-order valence-corrected chi connectivity index (χ0v) is 14.7. The molecule has 0 spiro atoms. The van der Waals surface area contributed by atoms with E-state index < -0.39 is 5.60 Å². The lowest BCUT2D eigenvalue weighted by Crippen LogP contribution is -2.48. The van der Waals surface area contributed by atoms with Gasteiger partial charge in [-0.3, -0.25) is 0 Å². The maximum Gasteiger partial charge on any atom is 0.407 e. The average Bonchev–Trinajstić information content (AvgIpc) is 2.39. The Hall–Kier alpha value is -0.810. The summed E-state index contributed by atoms with van der Waals surface area (Å²) >= 11 is 0. The monoisotopic (exact) mass is 311 g/mol. The molecule has 5 nitrogen and oxygen atoms in total. The van der Waals surface area contributed by atoms with Gasteiger partial charge in [0.25, 0.3) is 0 Å². The van der Waals surface area contributed by atoms with Crippen molar-refractivity contribution in [1.82, 2.24) is 15.1 Å². The number of ether oxygens (including phenoxy) is 1. The molecular formula is C17H33N3O2. The minimum atomic E-state index is -0.419. The van der Waals surface area contributed by atoms with Gasteiger partial charge in [-0.25, -0.2) is 4.79 Å². The first-order chi connectivity index (χ1) is 10.3. The first-order valence-corrected chi connectivity index (χ1v) is 8.72. The van der Waals surface area contributed by atoms with E-state index in [0.29, 0.717) is 5.92 Å². The maximum atomic E-state index is 11.9. The van der Waals surface area contributed by atoms with Crippen molar-refractivity contribution >= 4 is 6.09 Å². The zero-order chi connectivity index (χ0) is 16.2. The highest BCUT2D eigenvalue weighted by Crippen LogP contribution is 2.25. The Kier molecular flexibility index (Phi) is 6.09. The fourth-order valence-electron chi connectivity index (χ4n) is 3.46. The smallest absolute Gasteiger partial charge is 0.407 e. The van der Waals surface area contributed by atoms with Crippen LogP contribution in [-0.4, -0.2) is 67.3 Å². The van der Waals surface area contributed by atoms with Crippen molar-refractivity contribution in [3.05, 3.63) is 0 Å². The van der Waals surface area contributed by atoms with E-state index in [9.17, 15) is 4.79 Å². The number of hydrogen-bond donors (Lipinski definition) is 1. The Bertz CT molecular complexity index is 359. The molecule has 0 aromatic heterocycles. The Morgan fingerprint density at radius 2 is 1.86 bits per heavy atom. The molecule has 2 fully saturated rings. The van der Waals surface area contributed by atoms with Gasteiger partial charge in [0.05, 0.1) is 0 Å². The van der Waals surface area contributed by atoms with E-state index in [2.05, 4.69) is 22.2 Å². The van der Waals surface area contributed by atoms with Crippen LogP contribution in [0.5, 0.6) is 0 Å². The van der Waals surface area contributed by atoms with Crippen molar-refractivity contribution in [2.24, 2.45) is 5.92 Å². The predicted octanol–water partition coefficient (Wildman–Crippen LogP) is 2.32. The minimum Gasteiger partial charge on any atom is -0.444 e. The largest absolute Gasteiger partial charge is 0.444 e. The summed E-state index contributed by atoms with van der Waals surface area (Å²) in [5.41, 5.74) is -0.419. The van der Waals surface area contributed by atoms with Crippen molar-refractivity contribution in [1.29, 1.82) is 0 Å². The summed E-state index contributed by atoms with van der Waals surface area (Å²) < 4.78 is 5.37. The number of hydrogen-bond acceptors (Lipinski definition) is 4. The fourth-order valence-corrected chi connectivity index (χ4v) is 3.46. The number of nitrogens with zero attached hydrogens (tertiary/aromatic N) is 2. The van der Waals surface area contributed by atoms with Gasteiger partial charge in [0, 0.05) is 38.8 Å². The second-order valence-corrected chi connectivity index (χ2v) is 7.98. The van der Waals surface area contributed by atoms with Crippen molar-refractivity contribution in [2.45, 2.75) is 58.1 Å². The van der Waals surface area contributed by atoms with E-state index in [1.54, 1.807) is 0 Å². The third-order valence-corrected chi connectivity index (χ3v) is 4.62. The maximum absolute atomic E-state index is 11.9. The lowest BCUT2D eigenvalue weighted by Gasteiger charge is -2.37. The highest BCUT2D eigenvalue weighted by atomic mass is 16.6. The Morgan fingerprint density at radius 1 is 1.18 bits per heavy atom. The molecule has 1 saturated carbocycles. The van der Waals surface area contributed by atoms with E-state index in [4.69, 9.17) is 4.74 Å². The summed E-state index contributed by atoms with van der Waals surface area (Å²) in [6.45, 7) is 11.6. The number of carbonyl (C=O) groups is 1. The average molecular weight is 311 g/mol. The predicted molar refractivity (Wildman–Crippen MR) is 89.1 cm³/mol. The molecular weight excluding hydrogens is 278 g/mol. The van der Waals surface area contributed by atoms with E-state index in [0.717, 1.165) is 12.8 Å². The van der Waals surface area contributed by atoms with Gasteiger partial charge in [0.2, 0.25) is 0 Å². The van der Waals surface area contributed by atoms with Crippen molar-refractivity contribution in [2.75, 3.05) is 39.8 Å². The van der Waals surface area contributed by atoms with Gasteiger partial charge in [-0.2, -0.15) is 0 Å². The van der Waals surface area contributed by atoms with Gasteiger partial charge < -0.3 is 19.9 Å². The summed E-state index contributed by atoms with van der Waals surface area (Å²) in [6, 6.07) is 0.279. The lowest BCUT2D eigenvalue weighted by atomic mass is 9.85. The zero-order valence-electron chi connectivity index (χ0n) is 14.7. The topological polar surface area (TPSA) is 44.8 Å². The van der Waals surface area contributed by atoms with Crippen molar-refractivity contribution < 1.29 is 9.53 Å². The molecule has 2 aliphatic rings. The Labute approximate surface area is 135 Å². The Balaban J connectivity index is 1.73. The number of piperazine rings is 1. The fraction of sp³-hybridized carbons (Fsp3) is 0.941. The van der Waals surface area contributed by atoms with Crippen LogP contribution < -0.4 is 5.32 Å². The molecule has 1 amide bonds. The first kappa shape index (κ1) is 17.5. The molecule has 22 heavy (non-hydrogen) atoms. The highest BCUT2D eigenvalue weighted by molar-refractivity contribution is 5.68. The summed E-state index contributed by atoms with van der Waals surface area (Å²) in [5, 5.41) is 3.06. The van der Waals surface area contributed by atoms with E-state index >= 15 is 0 Å². The van der Waals surface area contributed by atoms with Crippen LogP contribution in [0, 0.1) is 5.92 Å². The molecule has 1 saturated heterocycles. The lowest BCUT2D eigenvalue weighted by molar-refractivity contribution is 0.0475. The van der Waals surface area contributed by atoms with Gasteiger partial charge in [0.15, 0.2) is 0 Å². The summed E-state index contributed by atoms with van der Waals surface area (Å²) in [6.07, 6.45) is 4.40. The quantitative estimate of drug-likeness (QED) is 0.869. The second kappa shape index (κ2) is 7.64. The standard InChI is InChI=1S/C17H33N3O2/c1-17(2,3)22-16(21)18-15-7-5-6-14(12-15)13-20-10-8-19(4)9-11-20/h14-15H,5-13H2,1-4H3,(H,18,21)/t14?,15-/m1/s1. The molecule has 1 N–H and O–H groups in total. The number of alkyl carbamates (subject to hydrolysis) is 1. The van der Waals surface area contributed by atoms with Crippen LogP contribution in [0.3, 0.4) is 0 Å². The van der Waals surface area contributed by atoms with E-state index in [1.165, 1.54) is 45.6 Å². The molecule has 0 radical (unpaired) electrons.